The van der Waals surface area contributed by atoms with E-state index in [1.165, 1.54) is 0 Å². The number of rotatable bonds is 9. The maximum atomic E-state index is 12.0. The lowest BCUT2D eigenvalue weighted by atomic mass is 9.94. The molecule has 7 nitrogen and oxygen atoms in total. The number of benzene rings is 2. The van der Waals surface area contributed by atoms with E-state index in [-0.39, 0.29) is 13.0 Å². The summed E-state index contributed by atoms with van der Waals surface area (Å²) in [6, 6.07) is 16.8. The van der Waals surface area contributed by atoms with Crippen LogP contribution in [0.4, 0.5) is 0 Å². The van der Waals surface area contributed by atoms with Gasteiger partial charge in [0.25, 0.3) is 0 Å². The second-order valence-electron chi connectivity index (χ2n) is 6.61. The van der Waals surface area contributed by atoms with Crippen LogP contribution >= 0.6 is 0 Å². The molecule has 0 saturated heterocycles. The number of amides is 1. The quantitative estimate of drug-likeness (QED) is 0.439. The van der Waals surface area contributed by atoms with Crippen LogP contribution < -0.4 is 5.32 Å². The maximum absolute atomic E-state index is 12.0. The zero-order valence-electron chi connectivity index (χ0n) is 16.2. The third-order valence-corrected chi connectivity index (χ3v) is 4.48. The monoisotopic (exact) mass is 399 g/mol. The summed E-state index contributed by atoms with van der Waals surface area (Å²) in [4.78, 5) is 34.6. The molecule has 0 saturated carbocycles. The minimum Gasteiger partial charge on any atom is -0.474 e. The fourth-order valence-electron chi connectivity index (χ4n) is 3.04. The number of aliphatic hydroxyl groups excluding tert-OH is 1. The molecule has 2 unspecified atom stereocenters. The molecule has 29 heavy (non-hydrogen) atoms. The highest BCUT2D eigenvalue weighted by Gasteiger charge is 2.26. The molecule has 0 aliphatic carbocycles. The molecular weight excluding hydrogens is 374 g/mol. The van der Waals surface area contributed by atoms with Crippen molar-refractivity contribution in [3.8, 4) is 11.1 Å². The van der Waals surface area contributed by atoms with E-state index in [0.717, 1.165) is 16.7 Å². The molecule has 0 aliphatic rings. The number of hydrogen-bond donors (Lipinski definition) is 3. The van der Waals surface area contributed by atoms with Gasteiger partial charge in [-0.1, -0.05) is 54.6 Å². The average molecular weight is 399 g/mol. The topological polar surface area (TPSA) is 113 Å². The van der Waals surface area contributed by atoms with Gasteiger partial charge in [-0.15, -0.1) is 0 Å². The minimum absolute atomic E-state index is 0.0643. The number of nitrogens with one attached hydrogen (secondary N) is 1. The van der Waals surface area contributed by atoms with E-state index >= 15 is 0 Å². The summed E-state index contributed by atoms with van der Waals surface area (Å²) in [5, 5.41) is 20.8. The van der Waals surface area contributed by atoms with Gasteiger partial charge in [-0.3, -0.25) is 9.59 Å². The first kappa shape index (κ1) is 22.1. The molecule has 0 radical (unpaired) electrons. The van der Waals surface area contributed by atoms with E-state index in [9.17, 15) is 19.5 Å². The van der Waals surface area contributed by atoms with Crippen molar-refractivity contribution >= 4 is 17.8 Å². The first-order valence-corrected chi connectivity index (χ1v) is 9.40. The first-order valence-electron chi connectivity index (χ1n) is 9.40. The van der Waals surface area contributed by atoms with Crippen molar-refractivity contribution in [1.82, 2.24) is 5.32 Å². The molecule has 2 atom stereocenters. The Hall–Kier alpha value is -3.19. The number of hydrogen-bond acceptors (Lipinski definition) is 5. The molecule has 0 spiro atoms. The van der Waals surface area contributed by atoms with Crippen LogP contribution in [0.5, 0.6) is 0 Å². The number of carbonyl (C=O) groups is 3. The van der Waals surface area contributed by atoms with Crippen molar-refractivity contribution in [2.45, 2.75) is 25.8 Å². The van der Waals surface area contributed by atoms with Gasteiger partial charge in [0.05, 0.1) is 19.1 Å². The number of aliphatic hydroxyl groups is 1. The van der Waals surface area contributed by atoms with Crippen molar-refractivity contribution in [2.75, 3.05) is 13.2 Å². The molecule has 7 heteroatoms. The number of carboxylic acid groups (broad SMARTS) is 1. The standard InChI is InChI=1S/C22H25NO6/c1-2-29-22(28)18(14-24)13-19(23-20(25)21(26)27)12-15-8-10-17(11-9-15)16-6-4-3-5-7-16/h3-11,18-19,24H,2,12-14H2,1H3,(H,23,25)(H,26,27). The Kier molecular flexibility index (Phi) is 8.36. The number of carboxylic acids is 1. The lowest BCUT2D eigenvalue weighted by molar-refractivity contribution is -0.151. The van der Waals surface area contributed by atoms with Crippen molar-refractivity contribution in [1.29, 1.82) is 0 Å². The third-order valence-electron chi connectivity index (χ3n) is 4.48. The van der Waals surface area contributed by atoms with Crippen molar-refractivity contribution in [3.63, 3.8) is 0 Å². The van der Waals surface area contributed by atoms with E-state index in [1.54, 1.807) is 6.92 Å². The average Bonchev–Trinajstić information content (AvgIpc) is 2.73. The molecule has 0 fully saturated rings. The molecule has 2 rings (SSSR count). The highest BCUT2D eigenvalue weighted by Crippen LogP contribution is 2.21. The Balaban J connectivity index is 2.14. The lowest BCUT2D eigenvalue weighted by Gasteiger charge is -2.22. The van der Waals surface area contributed by atoms with Crippen LogP contribution in [-0.2, 0) is 25.5 Å². The number of carbonyl (C=O) groups excluding carboxylic acids is 2. The molecule has 154 valence electrons. The zero-order valence-corrected chi connectivity index (χ0v) is 16.2. The van der Waals surface area contributed by atoms with Crippen LogP contribution in [0, 0.1) is 5.92 Å². The number of aliphatic carboxylic acids is 1. The summed E-state index contributed by atoms with van der Waals surface area (Å²) in [6.45, 7) is 1.37. The van der Waals surface area contributed by atoms with Crippen LogP contribution in [0.15, 0.2) is 54.6 Å². The highest BCUT2D eigenvalue weighted by molar-refractivity contribution is 6.31. The predicted octanol–water partition coefficient (Wildman–Crippen LogP) is 2.03. The van der Waals surface area contributed by atoms with Gasteiger partial charge in [0.1, 0.15) is 0 Å². The Morgan fingerprint density at radius 1 is 1.00 bits per heavy atom. The van der Waals surface area contributed by atoms with E-state index in [4.69, 9.17) is 9.84 Å². The van der Waals surface area contributed by atoms with Gasteiger partial charge >= 0.3 is 17.8 Å². The fourth-order valence-corrected chi connectivity index (χ4v) is 3.04. The second kappa shape index (κ2) is 11.0. The second-order valence-corrected chi connectivity index (χ2v) is 6.61. The summed E-state index contributed by atoms with van der Waals surface area (Å²) < 4.78 is 4.94. The Morgan fingerprint density at radius 2 is 1.62 bits per heavy atom. The third kappa shape index (κ3) is 6.73. The summed E-state index contributed by atoms with van der Waals surface area (Å²) in [5.74, 6) is -4.19. The van der Waals surface area contributed by atoms with Crippen LogP contribution in [0.1, 0.15) is 18.9 Å². The van der Waals surface area contributed by atoms with Crippen LogP contribution in [-0.4, -0.2) is 47.3 Å². The van der Waals surface area contributed by atoms with Crippen LogP contribution in [0.25, 0.3) is 11.1 Å². The maximum Gasteiger partial charge on any atom is 0.394 e. The normalized spacial score (nSPS) is 12.6. The van der Waals surface area contributed by atoms with Gasteiger partial charge in [-0.2, -0.15) is 0 Å². The molecule has 0 heterocycles. The van der Waals surface area contributed by atoms with Crippen molar-refractivity contribution < 1.29 is 29.3 Å². The molecule has 2 aromatic carbocycles. The van der Waals surface area contributed by atoms with Gasteiger partial charge in [0.15, 0.2) is 0 Å². The van der Waals surface area contributed by atoms with Crippen LogP contribution in [0.2, 0.25) is 0 Å². The largest absolute Gasteiger partial charge is 0.474 e. The number of esters is 1. The summed E-state index contributed by atoms with van der Waals surface area (Å²) in [7, 11) is 0. The van der Waals surface area contributed by atoms with E-state index in [2.05, 4.69) is 5.32 Å². The minimum atomic E-state index is -1.61. The molecule has 1 amide bonds. The summed E-state index contributed by atoms with van der Waals surface area (Å²) in [5.41, 5.74) is 2.96. The van der Waals surface area contributed by atoms with E-state index < -0.39 is 36.4 Å². The Morgan fingerprint density at radius 3 is 2.17 bits per heavy atom. The van der Waals surface area contributed by atoms with Gasteiger partial charge in [-0.05, 0) is 36.5 Å². The van der Waals surface area contributed by atoms with Crippen LogP contribution in [0.3, 0.4) is 0 Å². The lowest BCUT2D eigenvalue weighted by Crippen LogP contribution is -2.43. The SMILES string of the molecule is CCOC(=O)C(CO)CC(Cc1ccc(-c2ccccc2)cc1)NC(=O)C(=O)O. The summed E-state index contributed by atoms with van der Waals surface area (Å²) in [6.07, 6.45) is 0.374. The Bertz CT molecular complexity index is 819. The van der Waals surface area contributed by atoms with Crippen molar-refractivity contribution in [3.05, 3.63) is 60.2 Å². The van der Waals surface area contributed by atoms with Crippen molar-refractivity contribution in [2.24, 2.45) is 5.92 Å². The predicted molar refractivity (Wildman–Crippen MR) is 107 cm³/mol. The smallest absolute Gasteiger partial charge is 0.394 e. The molecule has 0 aliphatic heterocycles. The molecule has 2 aromatic rings. The van der Waals surface area contributed by atoms with Gasteiger partial charge in [0, 0.05) is 6.04 Å². The number of ether oxygens (including phenoxy) is 1. The van der Waals surface area contributed by atoms with E-state index in [0.29, 0.717) is 6.42 Å². The molecular formula is C22H25NO6. The van der Waals surface area contributed by atoms with E-state index in [1.807, 2.05) is 54.6 Å². The molecule has 0 bridgehead atoms. The van der Waals surface area contributed by atoms with Gasteiger partial charge < -0.3 is 20.3 Å². The van der Waals surface area contributed by atoms with Gasteiger partial charge in [0.2, 0.25) is 0 Å². The first-order chi connectivity index (χ1) is 13.9. The highest BCUT2D eigenvalue weighted by atomic mass is 16.5. The van der Waals surface area contributed by atoms with Gasteiger partial charge in [-0.25, -0.2) is 4.79 Å². The Labute approximate surface area is 169 Å². The fraction of sp³-hybridized carbons (Fsp3) is 0.318. The zero-order chi connectivity index (χ0) is 21.2. The summed E-state index contributed by atoms with van der Waals surface area (Å²) >= 11 is 0. The molecule has 3 N–H and O–H groups in total. The molecule has 0 aromatic heterocycles.